The lowest BCUT2D eigenvalue weighted by Gasteiger charge is -2.21. The number of hydrogen-bond acceptors (Lipinski definition) is 6. The van der Waals surface area contributed by atoms with Crippen molar-refractivity contribution < 1.29 is 8.83 Å². The molecule has 6 heteroatoms. The molecule has 1 aliphatic rings. The van der Waals surface area contributed by atoms with Crippen LogP contribution in [0.3, 0.4) is 0 Å². The molecule has 0 amide bonds. The van der Waals surface area contributed by atoms with Crippen molar-refractivity contribution in [1.29, 1.82) is 0 Å². The predicted octanol–water partition coefficient (Wildman–Crippen LogP) is 4.04. The SMILES string of the molecule is Cc1ccoc1-c1nnc(CN2CCCC2c2cccs2)o1. The number of rotatable bonds is 4. The minimum atomic E-state index is 0.462. The maximum atomic E-state index is 5.78. The van der Waals surface area contributed by atoms with Gasteiger partial charge in [0.2, 0.25) is 5.89 Å². The van der Waals surface area contributed by atoms with Crippen LogP contribution in [0, 0.1) is 6.92 Å². The monoisotopic (exact) mass is 315 g/mol. The van der Waals surface area contributed by atoms with Crippen molar-refractivity contribution in [1.82, 2.24) is 15.1 Å². The summed E-state index contributed by atoms with van der Waals surface area (Å²) < 4.78 is 11.2. The van der Waals surface area contributed by atoms with Gasteiger partial charge < -0.3 is 8.83 Å². The van der Waals surface area contributed by atoms with Crippen LogP contribution >= 0.6 is 11.3 Å². The highest BCUT2D eigenvalue weighted by Crippen LogP contribution is 2.35. The van der Waals surface area contributed by atoms with Crippen molar-refractivity contribution in [2.45, 2.75) is 32.4 Å². The first kappa shape index (κ1) is 13.7. The molecule has 4 rings (SSSR count). The lowest BCUT2D eigenvalue weighted by Crippen LogP contribution is -2.22. The maximum Gasteiger partial charge on any atom is 0.283 e. The standard InChI is InChI=1S/C16H17N3O2S/c1-11-6-8-20-15(11)16-18-17-14(21-16)10-19-7-2-4-12(19)13-5-3-9-22-13/h3,5-6,8-9,12H,2,4,7,10H2,1H3. The van der Waals surface area contributed by atoms with E-state index in [4.69, 9.17) is 8.83 Å². The first-order valence-corrected chi connectivity index (χ1v) is 8.33. The molecule has 4 heterocycles. The van der Waals surface area contributed by atoms with E-state index in [1.165, 1.54) is 17.7 Å². The normalized spacial score (nSPS) is 19.0. The lowest BCUT2D eigenvalue weighted by molar-refractivity contribution is 0.226. The Morgan fingerprint density at radius 1 is 1.36 bits per heavy atom. The van der Waals surface area contributed by atoms with Gasteiger partial charge in [-0.05, 0) is 43.8 Å². The fourth-order valence-corrected chi connectivity index (χ4v) is 3.89. The topological polar surface area (TPSA) is 55.3 Å². The molecule has 0 saturated carbocycles. The molecule has 3 aromatic rings. The molecule has 0 spiro atoms. The molecule has 0 radical (unpaired) electrons. The summed E-state index contributed by atoms with van der Waals surface area (Å²) in [6.45, 7) is 3.73. The summed E-state index contributed by atoms with van der Waals surface area (Å²) in [5.74, 6) is 1.77. The molecule has 0 aliphatic carbocycles. The van der Waals surface area contributed by atoms with Crippen LogP contribution in [0.15, 0.2) is 38.7 Å². The summed E-state index contributed by atoms with van der Waals surface area (Å²) in [6, 6.07) is 6.69. The first-order valence-electron chi connectivity index (χ1n) is 7.45. The van der Waals surface area contributed by atoms with Crippen LogP contribution in [0.2, 0.25) is 0 Å². The Morgan fingerprint density at radius 2 is 2.32 bits per heavy atom. The van der Waals surface area contributed by atoms with Gasteiger partial charge in [-0.1, -0.05) is 6.07 Å². The van der Waals surface area contributed by atoms with Crippen LogP contribution in [-0.4, -0.2) is 21.6 Å². The van der Waals surface area contributed by atoms with Crippen LogP contribution in [-0.2, 0) is 6.54 Å². The highest BCUT2D eigenvalue weighted by molar-refractivity contribution is 7.10. The number of thiophene rings is 1. The fourth-order valence-electron chi connectivity index (χ4n) is 2.99. The van der Waals surface area contributed by atoms with E-state index in [9.17, 15) is 0 Å². The lowest BCUT2D eigenvalue weighted by atomic mass is 10.2. The van der Waals surface area contributed by atoms with E-state index < -0.39 is 0 Å². The minimum absolute atomic E-state index is 0.462. The summed E-state index contributed by atoms with van der Waals surface area (Å²) in [5.41, 5.74) is 1.01. The van der Waals surface area contributed by atoms with Gasteiger partial charge in [-0.15, -0.1) is 21.5 Å². The highest BCUT2D eigenvalue weighted by Gasteiger charge is 2.28. The zero-order valence-corrected chi connectivity index (χ0v) is 13.2. The highest BCUT2D eigenvalue weighted by atomic mass is 32.1. The van der Waals surface area contributed by atoms with Crippen molar-refractivity contribution in [3.05, 3.63) is 46.2 Å². The van der Waals surface area contributed by atoms with Gasteiger partial charge in [0.25, 0.3) is 5.89 Å². The quantitative estimate of drug-likeness (QED) is 0.727. The third-order valence-electron chi connectivity index (χ3n) is 4.10. The zero-order valence-electron chi connectivity index (χ0n) is 12.4. The number of furan rings is 1. The summed E-state index contributed by atoms with van der Waals surface area (Å²) in [7, 11) is 0. The second-order valence-corrected chi connectivity index (χ2v) is 6.56. The molecule has 114 valence electrons. The van der Waals surface area contributed by atoms with Gasteiger partial charge >= 0.3 is 0 Å². The molecule has 0 aromatic carbocycles. The van der Waals surface area contributed by atoms with Crippen LogP contribution < -0.4 is 0 Å². The third-order valence-corrected chi connectivity index (χ3v) is 5.07. The van der Waals surface area contributed by atoms with Crippen LogP contribution in [0.4, 0.5) is 0 Å². The van der Waals surface area contributed by atoms with E-state index in [1.54, 1.807) is 6.26 Å². The fraction of sp³-hybridized carbons (Fsp3) is 0.375. The molecule has 3 aromatic heterocycles. The van der Waals surface area contributed by atoms with Crippen LogP contribution in [0.25, 0.3) is 11.7 Å². The molecule has 1 aliphatic heterocycles. The van der Waals surface area contributed by atoms with E-state index in [0.29, 0.717) is 30.1 Å². The van der Waals surface area contributed by atoms with E-state index in [2.05, 4.69) is 32.6 Å². The summed E-state index contributed by atoms with van der Waals surface area (Å²) >= 11 is 1.82. The minimum Gasteiger partial charge on any atom is -0.459 e. The molecular weight excluding hydrogens is 298 g/mol. The predicted molar refractivity (Wildman–Crippen MR) is 83.4 cm³/mol. The molecule has 1 saturated heterocycles. The van der Waals surface area contributed by atoms with E-state index in [-0.39, 0.29) is 0 Å². The van der Waals surface area contributed by atoms with Crippen molar-refractivity contribution >= 4 is 11.3 Å². The second-order valence-electron chi connectivity index (χ2n) is 5.58. The molecule has 1 atom stereocenters. The maximum absolute atomic E-state index is 5.78. The summed E-state index contributed by atoms with van der Waals surface area (Å²) in [5, 5.41) is 10.4. The molecule has 22 heavy (non-hydrogen) atoms. The molecule has 0 N–H and O–H groups in total. The Balaban J connectivity index is 1.52. The van der Waals surface area contributed by atoms with Gasteiger partial charge in [-0.3, -0.25) is 4.90 Å². The van der Waals surface area contributed by atoms with Crippen molar-refractivity contribution in [3.63, 3.8) is 0 Å². The van der Waals surface area contributed by atoms with Crippen LogP contribution in [0.5, 0.6) is 0 Å². The number of aromatic nitrogens is 2. The Kier molecular flexibility index (Phi) is 3.56. The van der Waals surface area contributed by atoms with Gasteiger partial charge in [0.05, 0.1) is 12.8 Å². The van der Waals surface area contributed by atoms with Gasteiger partial charge in [0, 0.05) is 16.5 Å². The first-order chi connectivity index (χ1) is 10.8. The molecule has 1 unspecified atom stereocenters. The summed E-state index contributed by atoms with van der Waals surface area (Å²) in [6.07, 6.45) is 4.04. The second kappa shape index (κ2) is 5.70. The zero-order chi connectivity index (χ0) is 14.9. The Bertz CT molecular complexity index is 747. The Hall–Kier alpha value is -1.92. The molecule has 0 bridgehead atoms. The third kappa shape index (κ3) is 2.48. The van der Waals surface area contributed by atoms with E-state index in [1.807, 2.05) is 24.3 Å². The Labute approximate surface area is 132 Å². The van der Waals surface area contributed by atoms with Gasteiger partial charge in [-0.25, -0.2) is 0 Å². The number of hydrogen-bond donors (Lipinski definition) is 0. The van der Waals surface area contributed by atoms with E-state index in [0.717, 1.165) is 12.1 Å². The largest absolute Gasteiger partial charge is 0.459 e. The van der Waals surface area contributed by atoms with Gasteiger partial charge in [0.15, 0.2) is 5.76 Å². The van der Waals surface area contributed by atoms with Crippen LogP contribution in [0.1, 0.15) is 35.2 Å². The smallest absolute Gasteiger partial charge is 0.283 e. The molecule has 1 fully saturated rings. The molecule has 5 nitrogen and oxygen atoms in total. The number of likely N-dealkylation sites (tertiary alicyclic amines) is 1. The van der Waals surface area contributed by atoms with Crippen molar-refractivity contribution in [2.75, 3.05) is 6.54 Å². The average molecular weight is 315 g/mol. The Morgan fingerprint density at radius 3 is 3.09 bits per heavy atom. The van der Waals surface area contributed by atoms with Crippen molar-refractivity contribution in [2.24, 2.45) is 0 Å². The summed E-state index contributed by atoms with van der Waals surface area (Å²) in [4.78, 5) is 3.83. The number of nitrogens with zero attached hydrogens (tertiary/aromatic N) is 3. The van der Waals surface area contributed by atoms with Gasteiger partial charge in [0.1, 0.15) is 0 Å². The van der Waals surface area contributed by atoms with E-state index >= 15 is 0 Å². The van der Waals surface area contributed by atoms with Gasteiger partial charge in [-0.2, -0.15) is 0 Å². The van der Waals surface area contributed by atoms with Crippen molar-refractivity contribution in [3.8, 4) is 11.7 Å². The number of aryl methyl sites for hydroxylation is 1. The average Bonchev–Trinajstić information content (AvgIpc) is 3.25. The molecular formula is C16H17N3O2S.